The topological polar surface area (TPSA) is 32.8 Å². The van der Waals surface area contributed by atoms with Gasteiger partial charge in [0.25, 0.3) is 0 Å². The second kappa shape index (κ2) is 18.3. The third-order valence-corrected chi connectivity index (χ3v) is 16.6. The van der Waals surface area contributed by atoms with Crippen molar-refractivity contribution in [2.24, 2.45) is 0 Å². The summed E-state index contributed by atoms with van der Waals surface area (Å²) in [5.74, 6) is 0.390. The molecular weight excluding hydrogens is 949 g/mol. The van der Waals surface area contributed by atoms with Crippen LogP contribution in [0.2, 0.25) is 0 Å². The van der Waals surface area contributed by atoms with Crippen molar-refractivity contribution in [2.45, 2.75) is 67.2 Å². The minimum Gasteiger partial charge on any atom is -0.454 e. The summed E-state index contributed by atoms with van der Waals surface area (Å²) in [7, 11) is 0. The quantitative estimate of drug-likeness (QED) is 0.128. The fraction of sp³-hybridized carbons (Fsp3) is 0.135. The molecular formula is C74H60N2O2. The maximum atomic E-state index is 7.19. The van der Waals surface area contributed by atoms with Crippen LogP contribution in [0.25, 0.3) is 98.4 Å². The van der Waals surface area contributed by atoms with Crippen LogP contribution < -0.4 is 9.80 Å². The average molecular weight is 1010 g/mol. The Morgan fingerprint density at radius 3 is 1.06 bits per heavy atom. The zero-order valence-corrected chi connectivity index (χ0v) is 45.5. The highest BCUT2D eigenvalue weighted by atomic mass is 16.3. The van der Waals surface area contributed by atoms with Gasteiger partial charge in [-0.25, -0.2) is 0 Å². The minimum atomic E-state index is 0.195. The summed E-state index contributed by atoms with van der Waals surface area (Å²) in [6.07, 6.45) is 0. The largest absolute Gasteiger partial charge is 0.454 e. The molecule has 0 atom stereocenters. The molecule has 0 aliphatic carbocycles. The standard InChI is InChI=1S/C74H60N2O2/c1-43(2)61-41-65(75(63-31-17-15-27-51(63)49-23-11-9-12-24-49)69-45(5)33-35-57-55-29-19-21-47(7)71(55)77-73(57)69)59-40-38-54-62(44(3)4)42-66(60-39-37-53(61)67(59)68(54)60)76(64-32-18-16-28-52(64)50-25-13-10-14-26-50)70-46(6)34-36-58-56-30-20-22-48(8)72(56)78-74(58)70/h9-44H,1-8H3. The van der Waals surface area contributed by atoms with Gasteiger partial charge in [-0.2, -0.15) is 0 Å². The molecule has 0 aliphatic heterocycles. The van der Waals surface area contributed by atoms with Crippen LogP contribution in [0.5, 0.6) is 0 Å². The van der Waals surface area contributed by atoms with E-state index in [-0.39, 0.29) is 11.8 Å². The summed E-state index contributed by atoms with van der Waals surface area (Å²) < 4.78 is 14.4. The summed E-state index contributed by atoms with van der Waals surface area (Å²) in [6, 6.07) is 76.1. The van der Waals surface area contributed by atoms with Gasteiger partial charge in [0, 0.05) is 43.4 Å². The summed E-state index contributed by atoms with van der Waals surface area (Å²) in [4.78, 5) is 5.07. The van der Waals surface area contributed by atoms with Crippen molar-refractivity contribution in [1.82, 2.24) is 0 Å². The molecule has 78 heavy (non-hydrogen) atoms. The van der Waals surface area contributed by atoms with Crippen LogP contribution in [0.1, 0.15) is 72.9 Å². The lowest BCUT2D eigenvalue weighted by molar-refractivity contribution is 0.665. The molecule has 4 nitrogen and oxygen atoms in total. The van der Waals surface area contributed by atoms with Crippen molar-refractivity contribution < 1.29 is 8.83 Å². The van der Waals surface area contributed by atoms with Crippen molar-refractivity contribution >= 4 is 110 Å². The highest BCUT2D eigenvalue weighted by Crippen LogP contribution is 2.55. The van der Waals surface area contributed by atoms with Crippen LogP contribution >= 0.6 is 0 Å². The lowest BCUT2D eigenvalue weighted by Gasteiger charge is -2.33. The SMILES string of the molecule is Cc1ccc2c(oc3c(C)cccc32)c1N(c1ccccc1-c1ccccc1)c1cc(C(C)C)c2ccc3c(N(c4ccccc4-c4ccccc4)c4c(C)ccc5c4oc4c(C)cccc45)cc(C(C)C)c4ccc1c2c43. The Bertz CT molecular complexity index is 4370. The van der Waals surface area contributed by atoms with Crippen molar-refractivity contribution in [1.29, 1.82) is 0 Å². The van der Waals surface area contributed by atoms with E-state index >= 15 is 0 Å². The molecule has 2 heterocycles. The summed E-state index contributed by atoms with van der Waals surface area (Å²) in [6.45, 7) is 18.2. The third-order valence-electron chi connectivity index (χ3n) is 16.6. The normalized spacial score (nSPS) is 12.1. The van der Waals surface area contributed by atoms with Gasteiger partial charge in [-0.15, -0.1) is 0 Å². The van der Waals surface area contributed by atoms with E-state index in [2.05, 4.69) is 271 Å². The monoisotopic (exact) mass is 1010 g/mol. The molecule has 14 aromatic rings. The molecule has 0 bridgehead atoms. The van der Waals surface area contributed by atoms with Crippen LogP contribution in [0, 0.1) is 27.7 Å². The molecule has 4 heteroatoms. The van der Waals surface area contributed by atoms with Gasteiger partial charge in [-0.05, 0) is 130 Å². The number of furan rings is 2. The number of fused-ring (bicyclic) bond motifs is 6. The molecule has 0 unspecified atom stereocenters. The first-order valence-electron chi connectivity index (χ1n) is 27.6. The van der Waals surface area contributed by atoms with Gasteiger partial charge in [0.1, 0.15) is 11.2 Å². The van der Waals surface area contributed by atoms with Crippen molar-refractivity contribution in [3.63, 3.8) is 0 Å². The highest BCUT2D eigenvalue weighted by Gasteiger charge is 2.31. The zero-order chi connectivity index (χ0) is 53.1. The smallest absolute Gasteiger partial charge is 0.159 e. The molecule has 2 aromatic heterocycles. The van der Waals surface area contributed by atoms with Gasteiger partial charge in [0.05, 0.1) is 34.1 Å². The summed E-state index contributed by atoms with van der Waals surface area (Å²) in [5.41, 5.74) is 21.7. The summed E-state index contributed by atoms with van der Waals surface area (Å²) in [5, 5.41) is 11.8. The van der Waals surface area contributed by atoms with Gasteiger partial charge >= 0.3 is 0 Å². The number of hydrogen-bond donors (Lipinski definition) is 0. The molecule has 0 aliphatic rings. The lowest BCUT2D eigenvalue weighted by atomic mass is 9.83. The van der Waals surface area contributed by atoms with E-state index in [0.717, 1.165) is 123 Å². The molecule has 0 fully saturated rings. The third kappa shape index (κ3) is 7.19. The molecule has 0 radical (unpaired) electrons. The molecule has 14 rings (SSSR count). The second-order valence-electron chi connectivity index (χ2n) is 22.1. The maximum Gasteiger partial charge on any atom is 0.159 e. The number of nitrogens with zero attached hydrogens (tertiary/aromatic N) is 2. The Balaban J connectivity index is 1.14. The van der Waals surface area contributed by atoms with E-state index in [4.69, 9.17) is 8.83 Å². The second-order valence-corrected chi connectivity index (χ2v) is 22.1. The average Bonchev–Trinajstić information content (AvgIpc) is 3.99. The number of benzene rings is 12. The van der Waals surface area contributed by atoms with Gasteiger partial charge < -0.3 is 18.6 Å². The van der Waals surface area contributed by atoms with Crippen molar-refractivity contribution in [3.8, 4) is 22.3 Å². The van der Waals surface area contributed by atoms with Crippen LogP contribution in [0.3, 0.4) is 0 Å². The van der Waals surface area contributed by atoms with E-state index in [1.54, 1.807) is 0 Å². The first-order chi connectivity index (χ1) is 38.0. The van der Waals surface area contributed by atoms with Gasteiger partial charge in [0.2, 0.25) is 0 Å². The van der Waals surface area contributed by atoms with Crippen LogP contribution in [-0.2, 0) is 0 Å². The van der Waals surface area contributed by atoms with E-state index < -0.39 is 0 Å². The number of anilines is 6. The molecule has 12 aromatic carbocycles. The van der Waals surface area contributed by atoms with E-state index in [1.165, 1.54) is 43.4 Å². The minimum absolute atomic E-state index is 0.195. The molecule has 0 saturated carbocycles. The zero-order valence-electron chi connectivity index (χ0n) is 45.5. The Morgan fingerprint density at radius 2 is 0.654 bits per heavy atom. The first-order valence-corrected chi connectivity index (χ1v) is 27.6. The molecule has 0 saturated heterocycles. The molecule has 0 N–H and O–H groups in total. The number of rotatable bonds is 10. The Morgan fingerprint density at radius 1 is 0.295 bits per heavy atom. The predicted molar refractivity (Wildman–Crippen MR) is 332 cm³/mol. The van der Waals surface area contributed by atoms with Gasteiger partial charge in [0.15, 0.2) is 11.2 Å². The first kappa shape index (κ1) is 47.3. The number of aryl methyl sites for hydroxylation is 4. The summed E-state index contributed by atoms with van der Waals surface area (Å²) >= 11 is 0. The highest BCUT2D eigenvalue weighted by molar-refractivity contribution is 6.30. The molecule has 378 valence electrons. The lowest BCUT2D eigenvalue weighted by Crippen LogP contribution is -2.15. The maximum absolute atomic E-state index is 7.19. The van der Waals surface area contributed by atoms with Crippen molar-refractivity contribution in [2.75, 3.05) is 9.80 Å². The van der Waals surface area contributed by atoms with Crippen LogP contribution in [-0.4, -0.2) is 0 Å². The predicted octanol–water partition coefficient (Wildman–Crippen LogP) is 22.1. The van der Waals surface area contributed by atoms with E-state index in [9.17, 15) is 0 Å². The number of hydrogen-bond acceptors (Lipinski definition) is 4. The van der Waals surface area contributed by atoms with Crippen LogP contribution in [0.4, 0.5) is 34.1 Å². The number of para-hydroxylation sites is 4. The Labute approximate surface area is 455 Å². The fourth-order valence-corrected chi connectivity index (χ4v) is 12.9. The Kier molecular flexibility index (Phi) is 11.1. The van der Waals surface area contributed by atoms with Crippen molar-refractivity contribution in [3.05, 3.63) is 240 Å². The molecule has 0 spiro atoms. The van der Waals surface area contributed by atoms with Gasteiger partial charge in [-0.3, -0.25) is 0 Å². The molecule has 0 amide bonds. The fourth-order valence-electron chi connectivity index (χ4n) is 12.9. The van der Waals surface area contributed by atoms with E-state index in [0.29, 0.717) is 0 Å². The van der Waals surface area contributed by atoms with E-state index in [1.807, 2.05) is 0 Å². The van der Waals surface area contributed by atoms with Gasteiger partial charge in [-0.1, -0.05) is 210 Å². The Hall–Kier alpha value is -9.12. The van der Waals surface area contributed by atoms with Crippen LogP contribution in [0.15, 0.2) is 215 Å².